The molecule has 0 spiro atoms. The molecule has 13 heavy (non-hydrogen) atoms. The van der Waals surface area contributed by atoms with E-state index in [0.717, 1.165) is 5.56 Å². The van der Waals surface area contributed by atoms with Gasteiger partial charge in [-0.05, 0) is 24.6 Å². The topological polar surface area (TPSA) is 85.6 Å². The van der Waals surface area contributed by atoms with Crippen LogP contribution in [0.2, 0.25) is 0 Å². The third-order valence-electron chi connectivity index (χ3n) is 1.76. The maximum atomic E-state index is 8.69. The fourth-order valence-electron chi connectivity index (χ4n) is 1.05. The lowest BCUT2D eigenvalue weighted by Crippen LogP contribution is -2.08. The van der Waals surface area contributed by atoms with Crippen molar-refractivity contribution < 1.29 is 0 Å². The van der Waals surface area contributed by atoms with Gasteiger partial charge in [-0.25, -0.2) is 0 Å². The second-order valence-electron chi connectivity index (χ2n) is 2.58. The minimum absolute atomic E-state index is 0.334. The molecule has 64 valence electrons. The van der Waals surface area contributed by atoms with Crippen LogP contribution in [0.4, 0.5) is 5.69 Å². The summed E-state index contributed by atoms with van der Waals surface area (Å²) in [4.78, 5) is 0. The first kappa shape index (κ1) is 9.05. The summed E-state index contributed by atoms with van der Waals surface area (Å²) in [5, 5.41) is 17.4. The summed E-state index contributed by atoms with van der Waals surface area (Å²) in [5.74, 6) is 5.22. The molecule has 3 N–H and O–H groups in total. The van der Waals surface area contributed by atoms with E-state index in [4.69, 9.17) is 16.4 Å². The molecule has 4 nitrogen and oxygen atoms in total. The number of nitriles is 2. The number of nitrogens with two attached hydrogens (primary N) is 1. The van der Waals surface area contributed by atoms with Crippen molar-refractivity contribution in [1.29, 1.82) is 10.5 Å². The van der Waals surface area contributed by atoms with Crippen LogP contribution in [0.5, 0.6) is 0 Å². The van der Waals surface area contributed by atoms with Gasteiger partial charge in [0.15, 0.2) is 0 Å². The van der Waals surface area contributed by atoms with Crippen LogP contribution in [0.3, 0.4) is 0 Å². The van der Waals surface area contributed by atoms with Gasteiger partial charge in [0.05, 0.1) is 16.8 Å². The van der Waals surface area contributed by atoms with E-state index in [1.165, 1.54) is 0 Å². The zero-order valence-electron chi connectivity index (χ0n) is 7.13. The average molecular weight is 172 g/mol. The third kappa shape index (κ3) is 1.58. The number of nitrogen functional groups attached to an aromatic ring is 1. The molecule has 0 aromatic heterocycles. The van der Waals surface area contributed by atoms with Crippen LogP contribution >= 0.6 is 0 Å². The Morgan fingerprint density at radius 1 is 1.23 bits per heavy atom. The lowest BCUT2D eigenvalue weighted by atomic mass is 10.0. The number of hydrazine groups is 1. The molecular formula is C9H8N4. The van der Waals surface area contributed by atoms with Gasteiger partial charge in [-0.2, -0.15) is 10.5 Å². The number of anilines is 1. The number of nitrogens with zero attached hydrogens (tertiary/aromatic N) is 2. The van der Waals surface area contributed by atoms with Crippen LogP contribution in [-0.2, 0) is 0 Å². The van der Waals surface area contributed by atoms with Crippen LogP contribution in [0.1, 0.15) is 16.7 Å². The minimum atomic E-state index is 0.334. The average Bonchev–Trinajstić information content (AvgIpc) is 2.17. The number of rotatable bonds is 1. The number of hydrogen-bond acceptors (Lipinski definition) is 4. The van der Waals surface area contributed by atoms with Crippen molar-refractivity contribution in [2.24, 2.45) is 5.84 Å². The summed E-state index contributed by atoms with van der Waals surface area (Å²) in [6.07, 6.45) is 0. The Morgan fingerprint density at radius 2 is 1.77 bits per heavy atom. The highest BCUT2D eigenvalue weighted by atomic mass is 15.2. The van der Waals surface area contributed by atoms with Crippen LogP contribution in [0.25, 0.3) is 0 Å². The SMILES string of the molecule is Cc1cc(C#N)c(C#N)cc1NN. The fraction of sp³-hybridized carbons (Fsp3) is 0.111. The first-order chi connectivity index (χ1) is 6.22. The highest BCUT2D eigenvalue weighted by Crippen LogP contribution is 2.18. The number of nitrogens with one attached hydrogen (secondary N) is 1. The lowest BCUT2D eigenvalue weighted by molar-refractivity contribution is 1.29. The van der Waals surface area contributed by atoms with E-state index in [1.54, 1.807) is 12.1 Å². The maximum Gasteiger partial charge on any atom is 0.101 e. The summed E-state index contributed by atoms with van der Waals surface area (Å²) in [6.45, 7) is 1.82. The molecule has 0 aliphatic rings. The van der Waals surface area contributed by atoms with Crippen molar-refractivity contribution in [3.8, 4) is 12.1 Å². The van der Waals surface area contributed by atoms with Gasteiger partial charge in [0.25, 0.3) is 0 Å². The standard InChI is InChI=1S/C9H8N4/c1-6-2-7(4-10)8(5-11)3-9(6)13-12/h2-3,13H,12H2,1H3. The van der Waals surface area contributed by atoms with Gasteiger partial charge in [-0.3, -0.25) is 5.84 Å². The smallest absolute Gasteiger partial charge is 0.101 e. The predicted molar refractivity (Wildman–Crippen MR) is 48.4 cm³/mol. The lowest BCUT2D eigenvalue weighted by Gasteiger charge is -2.05. The fourth-order valence-corrected chi connectivity index (χ4v) is 1.05. The second kappa shape index (κ2) is 3.57. The molecule has 0 saturated heterocycles. The van der Waals surface area contributed by atoms with Gasteiger partial charge in [0, 0.05) is 0 Å². The van der Waals surface area contributed by atoms with E-state index >= 15 is 0 Å². The largest absolute Gasteiger partial charge is 0.324 e. The zero-order chi connectivity index (χ0) is 9.84. The van der Waals surface area contributed by atoms with Gasteiger partial charge in [0.1, 0.15) is 12.1 Å². The summed E-state index contributed by atoms with van der Waals surface area (Å²) in [7, 11) is 0. The number of aryl methyl sites for hydroxylation is 1. The van der Waals surface area contributed by atoms with E-state index in [2.05, 4.69) is 5.43 Å². The van der Waals surface area contributed by atoms with Crippen LogP contribution in [0, 0.1) is 29.6 Å². The summed E-state index contributed by atoms with van der Waals surface area (Å²) in [5.41, 5.74) is 4.68. The second-order valence-corrected chi connectivity index (χ2v) is 2.58. The molecule has 1 aromatic rings. The van der Waals surface area contributed by atoms with E-state index in [0.29, 0.717) is 16.8 Å². The van der Waals surface area contributed by atoms with Gasteiger partial charge in [0.2, 0.25) is 0 Å². The Labute approximate surface area is 76.2 Å². The molecule has 0 atom stereocenters. The minimum Gasteiger partial charge on any atom is -0.324 e. The quantitative estimate of drug-likeness (QED) is 0.489. The molecule has 1 rings (SSSR count). The first-order valence-electron chi connectivity index (χ1n) is 3.64. The molecule has 1 aromatic carbocycles. The van der Waals surface area contributed by atoms with Crippen LogP contribution in [-0.4, -0.2) is 0 Å². The van der Waals surface area contributed by atoms with E-state index in [1.807, 2.05) is 19.1 Å². The van der Waals surface area contributed by atoms with E-state index < -0.39 is 0 Å². The van der Waals surface area contributed by atoms with Crippen molar-refractivity contribution in [2.75, 3.05) is 5.43 Å². The molecule has 0 heterocycles. The Morgan fingerprint density at radius 3 is 2.23 bits per heavy atom. The van der Waals surface area contributed by atoms with Gasteiger partial charge >= 0.3 is 0 Å². The maximum absolute atomic E-state index is 8.69. The molecular weight excluding hydrogens is 164 g/mol. The van der Waals surface area contributed by atoms with Crippen molar-refractivity contribution in [3.05, 3.63) is 28.8 Å². The van der Waals surface area contributed by atoms with Gasteiger partial charge < -0.3 is 5.43 Å². The molecule has 0 aliphatic heterocycles. The zero-order valence-corrected chi connectivity index (χ0v) is 7.13. The normalized spacial score (nSPS) is 8.62. The summed E-state index contributed by atoms with van der Waals surface area (Å²) >= 11 is 0. The Balaban J connectivity index is 3.39. The van der Waals surface area contributed by atoms with Gasteiger partial charge in [-0.1, -0.05) is 0 Å². The third-order valence-corrected chi connectivity index (χ3v) is 1.76. The van der Waals surface area contributed by atoms with Crippen molar-refractivity contribution in [2.45, 2.75) is 6.92 Å². The molecule has 0 radical (unpaired) electrons. The van der Waals surface area contributed by atoms with Crippen LogP contribution < -0.4 is 11.3 Å². The summed E-state index contributed by atoms with van der Waals surface area (Å²) in [6, 6.07) is 7.07. The molecule has 0 aliphatic carbocycles. The Bertz CT molecular complexity index is 409. The highest BCUT2D eigenvalue weighted by molar-refractivity contribution is 5.60. The van der Waals surface area contributed by atoms with Crippen LogP contribution in [0.15, 0.2) is 12.1 Å². The van der Waals surface area contributed by atoms with E-state index in [9.17, 15) is 0 Å². The molecule has 0 bridgehead atoms. The molecule has 0 saturated carbocycles. The summed E-state index contributed by atoms with van der Waals surface area (Å²) < 4.78 is 0. The molecule has 4 heteroatoms. The van der Waals surface area contributed by atoms with E-state index in [-0.39, 0.29) is 0 Å². The Hall–Kier alpha value is -2.04. The molecule has 0 unspecified atom stereocenters. The number of hydrogen-bond donors (Lipinski definition) is 2. The monoisotopic (exact) mass is 172 g/mol. The predicted octanol–water partition coefficient (Wildman–Crippen LogP) is 1.02. The highest BCUT2D eigenvalue weighted by Gasteiger charge is 2.05. The Kier molecular flexibility index (Phi) is 2.49. The van der Waals surface area contributed by atoms with Crippen molar-refractivity contribution >= 4 is 5.69 Å². The van der Waals surface area contributed by atoms with Gasteiger partial charge in [-0.15, -0.1) is 0 Å². The molecule has 0 amide bonds. The van der Waals surface area contributed by atoms with Crippen molar-refractivity contribution in [1.82, 2.24) is 0 Å². The number of benzene rings is 1. The van der Waals surface area contributed by atoms with Crippen molar-refractivity contribution in [3.63, 3.8) is 0 Å². The first-order valence-corrected chi connectivity index (χ1v) is 3.64. The molecule has 0 fully saturated rings.